The van der Waals surface area contributed by atoms with E-state index in [1.165, 1.54) is 0 Å². The maximum absolute atomic E-state index is 12.1. The molecule has 1 saturated heterocycles. The summed E-state index contributed by atoms with van der Waals surface area (Å²) in [5, 5.41) is 12.7. The van der Waals surface area contributed by atoms with Gasteiger partial charge in [-0.15, -0.1) is 0 Å². The molecule has 0 radical (unpaired) electrons. The van der Waals surface area contributed by atoms with Crippen molar-refractivity contribution >= 4 is 29.2 Å². The average molecular weight is 355 g/mol. The molecule has 2 N–H and O–H groups in total. The number of anilines is 1. The molecule has 0 saturated carbocycles. The highest BCUT2D eigenvalue weighted by Gasteiger charge is 2.32. The molecule has 1 heterocycles. The maximum Gasteiger partial charge on any atom is 0.309 e. The molecule has 1 amide bonds. The van der Waals surface area contributed by atoms with Crippen LogP contribution in [0.2, 0.25) is 5.02 Å². The molecular formula is C17H23ClN2O4. The lowest BCUT2D eigenvalue weighted by Gasteiger charge is -2.23. The van der Waals surface area contributed by atoms with Crippen LogP contribution in [0.5, 0.6) is 5.75 Å². The van der Waals surface area contributed by atoms with Crippen LogP contribution in [0.15, 0.2) is 18.2 Å². The fourth-order valence-corrected chi connectivity index (χ4v) is 2.93. The number of rotatable bonds is 6. The number of carbonyl (C=O) groups is 2. The number of amides is 1. The van der Waals surface area contributed by atoms with E-state index in [2.05, 4.69) is 10.2 Å². The zero-order valence-corrected chi connectivity index (χ0v) is 14.9. The lowest BCUT2D eigenvalue weighted by Crippen LogP contribution is -2.40. The second-order valence-electron chi connectivity index (χ2n) is 6.68. The summed E-state index contributed by atoms with van der Waals surface area (Å²) in [6.45, 7) is 4.50. The number of carboxylic acid groups (broad SMARTS) is 1. The van der Waals surface area contributed by atoms with Crippen LogP contribution in [-0.4, -0.2) is 43.2 Å². The third-order valence-corrected chi connectivity index (χ3v) is 4.45. The number of benzene rings is 1. The number of hydrogen-bond donors (Lipinski definition) is 2. The van der Waals surface area contributed by atoms with Gasteiger partial charge >= 0.3 is 5.97 Å². The highest BCUT2D eigenvalue weighted by molar-refractivity contribution is 6.30. The molecule has 6 nitrogen and oxygen atoms in total. The molecule has 0 spiro atoms. The molecule has 24 heavy (non-hydrogen) atoms. The van der Waals surface area contributed by atoms with Crippen molar-refractivity contribution in [1.82, 2.24) is 5.32 Å². The Labute approximate surface area is 146 Å². The van der Waals surface area contributed by atoms with Crippen molar-refractivity contribution in [2.75, 3.05) is 25.1 Å². The Morgan fingerprint density at radius 1 is 1.46 bits per heavy atom. The van der Waals surface area contributed by atoms with Gasteiger partial charge in [0.15, 0.2) is 0 Å². The second-order valence-corrected chi connectivity index (χ2v) is 7.12. The molecule has 1 fully saturated rings. The van der Waals surface area contributed by atoms with Gasteiger partial charge in [0.1, 0.15) is 5.75 Å². The van der Waals surface area contributed by atoms with Crippen LogP contribution in [-0.2, 0) is 9.59 Å². The van der Waals surface area contributed by atoms with Crippen LogP contribution in [0, 0.1) is 5.41 Å². The van der Waals surface area contributed by atoms with Crippen LogP contribution >= 0.6 is 11.6 Å². The Bertz CT molecular complexity index is 633. The number of methoxy groups -OCH3 is 1. The summed E-state index contributed by atoms with van der Waals surface area (Å²) in [5.74, 6) is -0.486. The van der Waals surface area contributed by atoms with Gasteiger partial charge in [-0.2, -0.15) is 0 Å². The zero-order valence-electron chi connectivity index (χ0n) is 14.1. The predicted octanol–water partition coefficient (Wildman–Crippen LogP) is 2.54. The quantitative estimate of drug-likeness (QED) is 0.820. The first-order valence-corrected chi connectivity index (χ1v) is 8.22. The fourth-order valence-electron chi connectivity index (χ4n) is 2.76. The number of nitrogens with one attached hydrogen (secondary N) is 1. The van der Waals surface area contributed by atoms with E-state index >= 15 is 0 Å². The van der Waals surface area contributed by atoms with Crippen molar-refractivity contribution < 1.29 is 19.4 Å². The topological polar surface area (TPSA) is 78.9 Å². The third kappa shape index (κ3) is 4.32. The van der Waals surface area contributed by atoms with Gasteiger partial charge in [0.05, 0.1) is 18.2 Å². The first kappa shape index (κ1) is 18.4. The van der Waals surface area contributed by atoms with Crippen molar-refractivity contribution in [2.45, 2.75) is 32.7 Å². The van der Waals surface area contributed by atoms with Gasteiger partial charge in [-0.3, -0.25) is 9.59 Å². The van der Waals surface area contributed by atoms with E-state index in [1.807, 2.05) is 12.1 Å². The molecule has 0 bridgehead atoms. The summed E-state index contributed by atoms with van der Waals surface area (Å²) >= 11 is 6.07. The monoisotopic (exact) mass is 354 g/mol. The van der Waals surface area contributed by atoms with E-state index < -0.39 is 11.4 Å². The number of halogens is 1. The summed E-state index contributed by atoms with van der Waals surface area (Å²) < 4.78 is 5.37. The van der Waals surface area contributed by atoms with E-state index in [1.54, 1.807) is 27.0 Å². The molecular weight excluding hydrogens is 332 g/mol. The van der Waals surface area contributed by atoms with E-state index in [4.69, 9.17) is 21.4 Å². The predicted molar refractivity (Wildman–Crippen MR) is 92.8 cm³/mol. The van der Waals surface area contributed by atoms with Crippen molar-refractivity contribution in [3.8, 4) is 5.75 Å². The largest absolute Gasteiger partial charge is 0.495 e. The minimum absolute atomic E-state index is 0.0224. The number of ether oxygens (including phenoxy) is 1. The van der Waals surface area contributed by atoms with Crippen LogP contribution < -0.4 is 15.0 Å². The van der Waals surface area contributed by atoms with Crippen molar-refractivity contribution in [1.29, 1.82) is 0 Å². The van der Waals surface area contributed by atoms with Crippen molar-refractivity contribution in [3.63, 3.8) is 0 Å². The summed E-state index contributed by atoms with van der Waals surface area (Å²) in [7, 11) is 1.61. The summed E-state index contributed by atoms with van der Waals surface area (Å²) in [6.07, 6.45) is 0.744. The highest BCUT2D eigenvalue weighted by Crippen LogP contribution is 2.33. The maximum atomic E-state index is 12.1. The summed E-state index contributed by atoms with van der Waals surface area (Å²) in [4.78, 5) is 25.3. The minimum atomic E-state index is -1.07. The molecule has 0 unspecified atom stereocenters. The second kappa shape index (κ2) is 7.30. The molecule has 1 atom stereocenters. The normalized spacial score (nSPS) is 17.7. The van der Waals surface area contributed by atoms with E-state index in [9.17, 15) is 9.59 Å². The van der Waals surface area contributed by atoms with Gasteiger partial charge in [0.2, 0.25) is 5.91 Å². The van der Waals surface area contributed by atoms with Crippen molar-refractivity contribution in [2.24, 2.45) is 5.41 Å². The number of carboxylic acids is 1. The molecule has 1 aliphatic heterocycles. The first-order valence-electron chi connectivity index (χ1n) is 7.84. The van der Waals surface area contributed by atoms with Crippen LogP contribution in [0.25, 0.3) is 0 Å². The van der Waals surface area contributed by atoms with Crippen LogP contribution in [0.4, 0.5) is 5.69 Å². The number of hydrogen-bond acceptors (Lipinski definition) is 4. The third-order valence-electron chi connectivity index (χ3n) is 4.22. The summed E-state index contributed by atoms with van der Waals surface area (Å²) in [5.41, 5.74) is -0.175. The van der Waals surface area contributed by atoms with Gasteiger partial charge in [-0.1, -0.05) is 11.6 Å². The minimum Gasteiger partial charge on any atom is -0.495 e. The fraction of sp³-hybridized carbons (Fsp3) is 0.529. The Hall–Kier alpha value is -1.95. The van der Waals surface area contributed by atoms with Gasteiger partial charge in [0.25, 0.3) is 0 Å². The van der Waals surface area contributed by atoms with E-state index in [-0.39, 0.29) is 18.4 Å². The Balaban J connectivity index is 1.97. The van der Waals surface area contributed by atoms with E-state index in [0.717, 1.165) is 24.4 Å². The van der Waals surface area contributed by atoms with E-state index in [0.29, 0.717) is 11.6 Å². The summed E-state index contributed by atoms with van der Waals surface area (Å²) in [6, 6.07) is 5.41. The van der Waals surface area contributed by atoms with Gasteiger partial charge in [0, 0.05) is 30.6 Å². The Morgan fingerprint density at radius 2 is 2.17 bits per heavy atom. The Kier molecular flexibility index (Phi) is 5.59. The molecule has 0 aromatic heterocycles. The van der Waals surface area contributed by atoms with Crippen molar-refractivity contribution in [3.05, 3.63) is 23.2 Å². The molecule has 7 heteroatoms. The molecule has 2 rings (SSSR count). The first-order chi connectivity index (χ1) is 11.2. The Morgan fingerprint density at radius 3 is 2.79 bits per heavy atom. The SMILES string of the molecule is COc1ccc(Cl)cc1N1CC[C@H](NC(=O)CC(C)(C)C(=O)O)C1. The van der Waals surface area contributed by atoms with Gasteiger partial charge in [-0.25, -0.2) is 0 Å². The van der Waals surface area contributed by atoms with Gasteiger partial charge < -0.3 is 20.1 Å². The average Bonchev–Trinajstić information content (AvgIpc) is 2.94. The van der Waals surface area contributed by atoms with Gasteiger partial charge in [-0.05, 0) is 38.5 Å². The lowest BCUT2D eigenvalue weighted by molar-refractivity contribution is -0.149. The number of nitrogens with zero attached hydrogens (tertiary/aromatic N) is 1. The molecule has 1 aliphatic rings. The smallest absolute Gasteiger partial charge is 0.309 e. The number of carbonyl (C=O) groups excluding carboxylic acids is 1. The number of aliphatic carboxylic acids is 1. The van der Waals surface area contributed by atoms with Crippen LogP contribution in [0.3, 0.4) is 0 Å². The lowest BCUT2D eigenvalue weighted by atomic mass is 9.89. The highest BCUT2D eigenvalue weighted by atomic mass is 35.5. The molecule has 132 valence electrons. The zero-order chi connectivity index (χ0) is 17.9. The van der Waals surface area contributed by atoms with Crippen LogP contribution in [0.1, 0.15) is 26.7 Å². The molecule has 1 aromatic rings. The standard InChI is InChI=1S/C17H23ClN2O4/c1-17(2,16(22)23)9-15(21)19-12-6-7-20(10-12)13-8-11(18)4-5-14(13)24-3/h4-5,8,12H,6-7,9-10H2,1-3H3,(H,19,21)(H,22,23)/t12-/m0/s1. The molecule has 0 aliphatic carbocycles. The molecule has 1 aromatic carbocycles.